The van der Waals surface area contributed by atoms with Gasteiger partial charge in [-0.25, -0.2) is 4.90 Å². The van der Waals surface area contributed by atoms with Crippen LogP contribution >= 0.6 is 11.6 Å². The average molecular weight is 294 g/mol. The topological polar surface area (TPSA) is 41.8 Å². The molecule has 1 aromatic carbocycles. The highest BCUT2D eigenvalue weighted by molar-refractivity contribution is 6.32. The first kappa shape index (κ1) is 14.8. The number of aryl methyl sites for hydroxylation is 1. The second kappa shape index (κ2) is 5.77. The van der Waals surface area contributed by atoms with Gasteiger partial charge in [-0.1, -0.05) is 24.2 Å². The summed E-state index contributed by atoms with van der Waals surface area (Å²) in [5.41, 5.74) is 1.46. The van der Waals surface area contributed by atoms with Gasteiger partial charge in [-0.2, -0.15) is 0 Å². The predicted octanol–water partition coefficient (Wildman–Crippen LogP) is 0.981. The van der Waals surface area contributed by atoms with Crippen LogP contribution in [0.15, 0.2) is 30.9 Å². The molecule has 1 aromatic rings. The first-order chi connectivity index (χ1) is 9.45. The highest BCUT2D eigenvalue weighted by Gasteiger charge is 2.44. The molecule has 1 saturated heterocycles. The van der Waals surface area contributed by atoms with Crippen LogP contribution in [-0.2, 0) is 9.59 Å². The molecule has 1 aliphatic heterocycles. The number of likely N-dealkylation sites (N-methyl/N-ethyl adjacent to an activating group) is 1. The maximum Gasteiger partial charge on any atom is 0.292 e. The average Bonchev–Trinajstić information content (AvgIpc) is 2.69. The Morgan fingerprint density at radius 3 is 2.80 bits per heavy atom. The van der Waals surface area contributed by atoms with Gasteiger partial charge in [-0.05, 0) is 30.7 Å². The van der Waals surface area contributed by atoms with E-state index in [1.807, 2.05) is 20.0 Å². The van der Waals surface area contributed by atoms with Gasteiger partial charge in [0, 0.05) is 5.02 Å². The summed E-state index contributed by atoms with van der Waals surface area (Å²) in [7, 11) is 1.89. The Morgan fingerprint density at radius 2 is 2.20 bits per heavy atom. The lowest BCUT2D eigenvalue weighted by Crippen LogP contribution is -3.13. The van der Waals surface area contributed by atoms with Crippen molar-refractivity contribution >= 4 is 29.1 Å². The standard InChI is InChI=1S/C15H17ClN2O2/c1-4-7-17(3)13-9-14(19)18(15(13)20)11-6-5-10(2)12(16)8-11/h4-6,8,13H,1,7,9H2,2-3H3/p+1/t13-/m0/s1. The lowest BCUT2D eigenvalue weighted by Gasteiger charge is -2.19. The van der Waals surface area contributed by atoms with Gasteiger partial charge in [0.05, 0.1) is 25.7 Å². The third-order valence-electron chi connectivity index (χ3n) is 3.62. The Labute approximate surface area is 123 Å². The van der Waals surface area contributed by atoms with Gasteiger partial charge in [-0.15, -0.1) is 0 Å². The summed E-state index contributed by atoms with van der Waals surface area (Å²) < 4.78 is 0. The van der Waals surface area contributed by atoms with E-state index in [9.17, 15) is 9.59 Å². The molecule has 20 heavy (non-hydrogen) atoms. The Morgan fingerprint density at radius 1 is 1.50 bits per heavy atom. The second-order valence-electron chi connectivity index (χ2n) is 5.10. The fourth-order valence-corrected chi connectivity index (χ4v) is 2.55. The SMILES string of the molecule is C=CC[NH+](C)[C@H]1CC(=O)N(c2ccc(C)c(Cl)c2)C1=O. The van der Waals surface area contributed by atoms with Crippen molar-refractivity contribution in [3.8, 4) is 0 Å². The number of nitrogens with one attached hydrogen (secondary N) is 1. The molecule has 0 spiro atoms. The van der Waals surface area contributed by atoms with Crippen LogP contribution in [0, 0.1) is 6.92 Å². The smallest absolute Gasteiger partial charge is 0.292 e. The van der Waals surface area contributed by atoms with Crippen LogP contribution in [-0.4, -0.2) is 31.4 Å². The first-order valence-corrected chi connectivity index (χ1v) is 6.89. The van der Waals surface area contributed by atoms with Crippen LogP contribution in [0.25, 0.3) is 0 Å². The van der Waals surface area contributed by atoms with Crippen molar-refractivity contribution < 1.29 is 14.5 Å². The zero-order valence-electron chi connectivity index (χ0n) is 11.6. The molecule has 1 aliphatic rings. The van der Waals surface area contributed by atoms with Gasteiger partial charge in [-0.3, -0.25) is 9.59 Å². The van der Waals surface area contributed by atoms with Gasteiger partial charge in [0.2, 0.25) is 5.91 Å². The van der Waals surface area contributed by atoms with Crippen molar-refractivity contribution in [1.82, 2.24) is 0 Å². The number of hydrogen-bond donors (Lipinski definition) is 1. The van der Waals surface area contributed by atoms with E-state index in [-0.39, 0.29) is 24.3 Å². The molecule has 2 amide bonds. The fourth-order valence-electron chi connectivity index (χ4n) is 2.38. The molecule has 1 heterocycles. The van der Waals surface area contributed by atoms with E-state index in [0.717, 1.165) is 10.5 Å². The monoisotopic (exact) mass is 293 g/mol. The Hall–Kier alpha value is -1.65. The maximum absolute atomic E-state index is 12.4. The molecule has 106 valence electrons. The van der Waals surface area contributed by atoms with Crippen LogP contribution < -0.4 is 9.80 Å². The van der Waals surface area contributed by atoms with Crippen LogP contribution in [0.1, 0.15) is 12.0 Å². The molecule has 5 heteroatoms. The number of imide groups is 1. The number of anilines is 1. The lowest BCUT2D eigenvalue weighted by atomic mass is 10.2. The Kier molecular flexibility index (Phi) is 4.26. The highest BCUT2D eigenvalue weighted by Crippen LogP contribution is 2.26. The number of carbonyl (C=O) groups excluding carboxylic acids is 2. The number of quaternary nitrogens is 1. The van der Waals surface area contributed by atoms with Crippen molar-refractivity contribution in [3.05, 3.63) is 41.4 Å². The molecule has 0 aliphatic carbocycles. The molecular weight excluding hydrogens is 276 g/mol. The highest BCUT2D eigenvalue weighted by atomic mass is 35.5. The van der Waals surface area contributed by atoms with E-state index in [2.05, 4.69) is 6.58 Å². The summed E-state index contributed by atoms with van der Waals surface area (Å²) >= 11 is 6.07. The van der Waals surface area contributed by atoms with Crippen molar-refractivity contribution in [2.75, 3.05) is 18.5 Å². The number of benzene rings is 1. The van der Waals surface area contributed by atoms with Crippen molar-refractivity contribution in [2.45, 2.75) is 19.4 Å². The summed E-state index contributed by atoms with van der Waals surface area (Å²) in [5.74, 6) is -0.349. The molecule has 2 atom stereocenters. The Bertz CT molecular complexity index is 571. The van der Waals surface area contributed by atoms with E-state index in [1.165, 1.54) is 4.90 Å². The van der Waals surface area contributed by atoms with E-state index in [4.69, 9.17) is 11.6 Å². The van der Waals surface area contributed by atoms with Crippen molar-refractivity contribution in [2.24, 2.45) is 0 Å². The number of hydrogen-bond acceptors (Lipinski definition) is 2. The van der Waals surface area contributed by atoms with Gasteiger partial charge in [0.15, 0.2) is 6.04 Å². The van der Waals surface area contributed by atoms with E-state index < -0.39 is 0 Å². The van der Waals surface area contributed by atoms with E-state index in [0.29, 0.717) is 17.3 Å². The van der Waals surface area contributed by atoms with E-state index in [1.54, 1.807) is 18.2 Å². The lowest BCUT2D eigenvalue weighted by molar-refractivity contribution is -0.888. The molecule has 1 unspecified atom stereocenters. The van der Waals surface area contributed by atoms with Gasteiger partial charge in [0.25, 0.3) is 5.91 Å². The third kappa shape index (κ3) is 2.62. The quantitative estimate of drug-likeness (QED) is 0.664. The van der Waals surface area contributed by atoms with Crippen LogP contribution in [0.2, 0.25) is 5.02 Å². The third-order valence-corrected chi connectivity index (χ3v) is 4.03. The first-order valence-electron chi connectivity index (χ1n) is 6.52. The number of amides is 2. The summed E-state index contributed by atoms with van der Waals surface area (Å²) in [5, 5.41) is 0.554. The zero-order chi connectivity index (χ0) is 14.9. The van der Waals surface area contributed by atoms with Crippen LogP contribution in [0.5, 0.6) is 0 Å². The van der Waals surface area contributed by atoms with Gasteiger partial charge in [0.1, 0.15) is 0 Å². The molecule has 1 N–H and O–H groups in total. The maximum atomic E-state index is 12.4. The predicted molar refractivity (Wildman–Crippen MR) is 79.0 cm³/mol. The largest absolute Gasteiger partial charge is 0.323 e. The van der Waals surface area contributed by atoms with Gasteiger partial charge < -0.3 is 4.90 Å². The molecule has 0 saturated carbocycles. The summed E-state index contributed by atoms with van der Waals surface area (Å²) in [4.78, 5) is 26.8. The fraction of sp³-hybridized carbons (Fsp3) is 0.333. The number of rotatable bonds is 4. The van der Waals surface area contributed by atoms with Crippen LogP contribution in [0.4, 0.5) is 5.69 Å². The minimum atomic E-state index is -0.347. The number of halogens is 1. The molecule has 0 radical (unpaired) electrons. The minimum absolute atomic E-state index is 0.172. The second-order valence-corrected chi connectivity index (χ2v) is 5.50. The molecule has 0 bridgehead atoms. The van der Waals surface area contributed by atoms with E-state index >= 15 is 0 Å². The summed E-state index contributed by atoms with van der Waals surface area (Å²) in [6.07, 6.45) is 1.97. The molecule has 0 aromatic heterocycles. The van der Waals surface area contributed by atoms with Gasteiger partial charge >= 0.3 is 0 Å². The molecule has 2 rings (SSSR count). The zero-order valence-corrected chi connectivity index (χ0v) is 12.4. The minimum Gasteiger partial charge on any atom is -0.323 e. The normalized spacial score (nSPS) is 20.4. The Balaban J connectivity index is 2.28. The van der Waals surface area contributed by atoms with Crippen molar-refractivity contribution in [3.63, 3.8) is 0 Å². The number of nitrogens with zero attached hydrogens (tertiary/aromatic N) is 1. The molecule has 1 fully saturated rings. The van der Waals surface area contributed by atoms with Crippen LogP contribution in [0.3, 0.4) is 0 Å². The summed E-state index contributed by atoms with van der Waals surface area (Å²) in [6.45, 7) is 6.19. The summed E-state index contributed by atoms with van der Waals surface area (Å²) in [6, 6.07) is 4.88. The number of carbonyl (C=O) groups is 2. The van der Waals surface area contributed by atoms with Crippen molar-refractivity contribution in [1.29, 1.82) is 0 Å². The molecule has 4 nitrogen and oxygen atoms in total. The molecular formula is C15H18ClN2O2+.